The molecule has 0 aromatic rings. The van der Waals surface area contributed by atoms with Crippen LogP contribution in [0.25, 0.3) is 0 Å². The molecule has 0 N–H and O–H groups in total. The lowest BCUT2D eigenvalue weighted by atomic mass is 9.62. The van der Waals surface area contributed by atoms with Gasteiger partial charge in [0.05, 0.1) is 0 Å². The molecule has 0 radical (unpaired) electrons. The average Bonchev–Trinajstić information content (AvgIpc) is 2.17. The molecule has 0 aromatic carbocycles. The SMILES string of the molecule is C=C(C)[C@H]1C[C@@H](C(C)=O)CC[C@]1(C)C=O. The normalized spacial score (nSPS) is 35.9. The summed E-state index contributed by atoms with van der Waals surface area (Å²) in [7, 11) is 0. The Morgan fingerprint density at radius 3 is 2.47 bits per heavy atom. The highest BCUT2D eigenvalue weighted by molar-refractivity contribution is 5.78. The minimum absolute atomic E-state index is 0.125. The van der Waals surface area contributed by atoms with E-state index in [-0.39, 0.29) is 23.0 Å². The number of hydrogen-bond acceptors (Lipinski definition) is 2. The van der Waals surface area contributed by atoms with Crippen LogP contribution < -0.4 is 0 Å². The Kier molecular flexibility index (Phi) is 3.48. The van der Waals surface area contributed by atoms with Crippen molar-refractivity contribution >= 4 is 12.1 Å². The fourth-order valence-corrected chi connectivity index (χ4v) is 2.61. The molecule has 15 heavy (non-hydrogen) atoms. The van der Waals surface area contributed by atoms with Crippen molar-refractivity contribution in [1.29, 1.82) is 0 Å². The summed E-state index contributed by atoms with van der Waals surface area (Å²) in [6.07, 6.45) is 3.48. The third-order valence-corrected chi connectivity index (χ3v) is 3.79. The van der Waals surface area contributed by atoms with Crippen LogP contribution >= 0.6 is 0 Å². The molecular weight excluding hydrogens is 188 g/mol. The summed E-state index contributed by atoms with van der Waals surface area (Å²) in [6, 6.07) is 0. The van der Waals surface area contributed by atoms with Crippen LogP contribution in [-0.4, -0.2) is 12.1 Å². The van der Waals surface area contributed by atoms with E-state index in [0.29, 0.717) is 0 Å². The predicted molar refractivity (Wildman–Crippen MR) is 60.5 cm³/mol. The van der Waals surface area contributed by atoms with Crippen LogP contribution in [0, 0.1) is 17.3 Å². The number of Topliss-reactive ketones (excluding diaryl/α,β-unsaturated/α-hetero) is 1. The lowest BCUT2D eigenvalue weighted by Crippen LogP contribution is -2.37. The zero-order valence-corrected chi connectivity index (χ0v) is 9.88. The highest BCUT2D eigenvalue weighted by atomic mass is 16.1. The van der Waals surface area contributed by atoms with Crippen molar-refractivity contribution in [2.45, 2.75) is 40.0 Å². The molecule has 1 fully saturated rings. The fourth-order valence-electron chi connectivity index (χ4n) is 2.61. The van der Waals surface area contributed by atoms with Crippen molar-refractivity contribution in [2.75, 3.05) is 0 Å². The van der Waals surface area contributed by atoms with Gasteiger partial charge in [-0.1, -0.05) is 19.1 Å². The van der Waals surface area contributed by atoms with E-state index in [1.54, 1.807) is 6.92 Å². The minimum Gasteiger partial charge on any atom is -0.303 e. The molecule has 0 heterocycles. The van der Waals surface area contributed by atoms with Crippen LogP contribution in [0.5, 0.6) is 0 Å². The van der Waals surface area contributed by atoms with Crippen molar-refractivity contribution in [1.82, 2.24) is 0 Å². The molecule has 1 rings (SSSR count). The van der Waals surface area contributed by atoms with Crippen LogP contribution in [0.4, 0.5) is 0 Å². The van der Waals surface area contributed by atoms with Crippen molar-refractivity contribution in [3.05, 3.63) is 12.2 Å². The quantitative estimate of drug-likeness (QED) is 0.528. The Bertz CT molecular complexity index is 293. The number of allylic oxidation sites excluding steroid dienone is 1. The van der Waals surface area contributed by atoms with Crippen molar-refractivity contribution in [3.63, 3.8) is 0 Å². The number of carbonyl (C=O) groups is 2. The van der Waals surface area contributed by atoms with E-state index < -0.39 is 0 Å². The average molecular weight is 208 g/mol. The smallest absolute Gasteiger partial charge is 0.132 e. The summed E-state index contributed by atoms with van der Waals surface area (Å²) >= 11 is 0. The van der Waals surface area contributed by atoms with Gasteiger partial charge >= 0.3 is 0 Å². The van der Waals surface area contributed by atoms with Crippen LogP contribution in [-0.2, 0) is 9.59 Å². The van der Waals surface area contributed by atoms with Gasteiger partial charge in [-0.05, 0) is 39.0 Å². The monoisotopic (exact) mass is 208 g/mol. The van der Waals surface area contributed by atoms with Gasteiger partial charge in [0.2, 0.25) is 0 Å². The third-order valence-electron chi connectivity index (χ3n) is 3.79. The lowest BCUT2D eigenvalue weighted by Gasteiger charge is -2.40. The van der Waals surface area contributed by atoms with Gasteiger partial charge in [0, 0.05) is 11.3 Å². The second-order valence-electron chi connectivity index (χ2n) is 5.10. The highest BCUT2D eigenvalue weighted by Gasteiger charge is 2.41. The largest absolute Gasteiger partial charge is 0.303 e. The van der Waals surface area contributed by atoms with Gasteiger partial charge in [0.1, 0.15) is 12.1 Å². The molecule has 0 saturated heterocycles. The first-order chi connectivity index (χ1) is 6.90. The van der Waals surface area contributed by atoms with Crippen molar-refractivity contribution in [2.24, 2.45) is 17.3 Å². The number of rotatable bonds is 3. The number of carbonyl (C=O) groups excluding carboxylic acids is 2. The Hall–Kier alpha value is -0.920. The maximum Gasteiger partial charge on any atom is 0.132 e. The molecule has 3 atom stereocenters. The third kappa shape index (κ3) is 2.36. The molecule has 84 valence electrons. The maximum atomic E-state index is 11.3. The van der Waals surface area contributed by atoms with E-state index in [0.717, 1.165) is 31.1 Å². The van der Waals surface area contributed by atoms with Gasteiger partial charge < -0.3 is 4.79 Å². The number of aldehydes is 1. The van der Waals surface area contributed by atoms with Crippen LogP contribution in [0.1, 0.15) is 40.0 Å². The zero-order chi connectivity index (χ0) is 11.6. The Balaban J connectivity index is 2.88. The summed E-state index contributed by atoms with van der Waals surface area (Å²) in [5.41, 5.74) is 0.716. The molecular formula is C13H20O2. The molecule has 0 bridgehead atoms. The Morgan fingerprint density at radius 1 is 1.47 bits per heavy atom. The van der Waals surface area contributed by atoms with Gasteiger partial charge in [-0.2, -0.15) is 0 Å². The molecule has 0 spiro atoms. The Labute approximate surface area is 91.7 Å². The molecule has 1 aliphatic rings. The van der Waals surface area contributed by atoms with Crippen molar-refractivity contribution < 1.29 is 9.59 Å². The van der Waals surface area contributed by atoms with Gasteiger partial charge in [0.25, 0.3) is 0 Å². The van der Waals surface area contributed by atoms with E-state index >= 15 is 0 Å². The van der Waals surface area contributed by atoms with Crippen LogP contribution in [0.3, 0.4) is 0 Å². The summed E-state index contributed by atoms with van der Waals surface area (Å²) < 4.78 is 0. The van der Waals surface area contributed by atoms with Gasteiger partial charge in [-0.15, -0.1) is 0 Å². The lowest BCUT2D eigenvalue weighted by molar-refractivity contribution is -0.127. The highest BCUT2D eigenvalue weighted by Crippen LogP contribution is 2.45. The molecule has 0 unspecified atom stereocenters. The molecule has 1 aliphatic carbocycles. The van der Waals surface area contributed by atoms with Crippen molar-refractivity contribution in [3.8, 4) is 0 Å². The molecule has 2 nitrogen and oxygen atoms in total. The summed E-state index contributed by atoms with van der Waals surface area (Å²) in [4.78, 5) is 22.5. The molecule has 0 aromatic heterocycles. The fraction of sp³-hybridized carbons (Fsp3) is 0.692. The molecule has 2 heteroatoms. The first-order valence-corrected chi connectivity index (χ1v) is 5.53. The number of ketones is 1. The van der Waals surface area contributed by atoms with E-state index in [9.17, 15) is 9.59 Å². The summed E-state index contributed by atoms with van der Waals surface area (Å²) in [6.45, 7) is 9.52. The molecule has 0 aliphatic heterocycles. The van der Waals surface area contributed by atoms with Gasteiger partial charge in [-0.25, -0.2) is 0 Å². The van der Waals surface area contributed by atoms with E-state index in [1.165, 1.54) is 0 Å². The second-order valence-corrected chi connectivity index (χ2v) is 5.10. The Morgan fingerprint density at radius 2 is 2.07 bits per heavy atom. The van der Waals surface area contributed by atoms with Crippen LogP contribution in [0.2, 0.25) is 0 Å². The molecule has 0 amide bonds. The summed E-state index contributed by atoms with van der Waals surface area (Å²) in [5.74, 6) is 0.534. The minimum atomic E-state index is -0.308. The van der Waals surface area contributed by atoms with Gasteiger partial charge in [0.15, 0.2) is 0 Å². The van der Waals surface area contributed by atoms with Crippen LogP contribution in [0.15, 0.2) is 12.2 Å². The number of hydrogen-bond donors (Lipinski definition) is 0. The molecule has 1 saturated carbocycles. The van der Waals surface area contributed by atoms with Gasteiger partial charge in [-0.3, -0.25) is 4.79 Å². The maximum absolute atomic E-state index is 11.3. The summed E-state index contributed by atoms with van der Waals surface area (Å²) in [5, 5.41) is 0. The zero-order valence-electron chi connectivity index (χ0n) is 9.88. The first-order valence-electron chi connectivity index (χ1n) is 5.53. The van der Waals surface area contributed by atoms with E-state index in [1.807, 2.05) is 13.8 Å². The van der Waals surface area contributed by atoms with E-state index in [2.05, 4.69) is 6.58 Å². The van der Waals surface area contributed by atoms with E-state index in [4.69, 9.17) is 0 Å². The second kappa shape index (κ2) is 4.30. The predicted octanol–water partition coefficient (Wildman–Crippen LogP) is 2.77. The standard InChI is InChI=1S/C13H20O2/c1-9(2)12-7-11(10(3)15)5-6-13(12,4)8-14/h8,11-12H,1,5-7H2,2-4H3/t11-,12+,13+/m0/s1. The topological polar surface area (TPSA) is 34.1 Å². The first kappa shape index (κ1) is 12.2.